The van der Waals surface area contributed by atoms with Crippen LogP contribution < -0.4 is 0 Å². The van der Waals surface area contributed by atoms with Crippen LogP contribution in [0.4, 0.5) is 0 Å². The first-order valence-corrected chi connectivity index (χ1v) is 18.4. The Morgan fingerprint density at radius 1 is 0.643 bits per heavy atom. The topological polar surface area (TPSA) is 26.3 Å². The Morgan fingerprint density at radius 3 is 1.50 bits per heavy atom. The minimum Gasteiger partial charge on any atom is -0.402 e. The number of aryl methyl sites for hydroxylation is 2. The fraction of sp³-hybridized carbons (Fsp3) is 0.513. The highest BCUT2D eigenvalue weighted by Gasteiger charge is 2.57. The maximum atomic E-state index is 14.7. The molecule has 0 aromatic heterocycles. The number of unbranched alkanes of at least 4 members (excludes halogenated alkanes) is 4. The van der Waals surface area contributed by atoms with Gasteiger partial charge in [-0.15, -0.1) is 0 Å². The quantitative estimate of drug-likeness (QED) is 0.187. The van der Waals surface area contributed by atoms with E-state index >= 15 is 0 Å². The van der Waals surface area contributed by atoms with Crippen LogP contribution in [0.25, 0.3) is 0 Å². The molecule has 0 unspecified atom stereocenters. The summed E-state index contributed by atoms with van der Waals surface area (Å²) in [6.45, 7) is 4.52. The Hall–Kier alpha value is -2.52. The predicted molar refractivity (Wildman–Crippen MR) is 175 cm³/mol. The van der Waals surface area contributed by atoms with E-state index < -0.39 is 10.3 Å². The van der Waals surface area contributed by atoms with Gasteiger partial charge in [-0.05, 0) is 140 Å². The molecule has 0 heterocycles. The van der Waals surface area contributed by atoms with Crippen LogP contribution in [-0.2, 0) is 21.8 Å². The molecule has 0 atom stereocenters. The van der Waals surface area contributed by atoms with E-state index in [1.54, 1.807) is 0 Å². The van der Waals surface area contributed by atoms with Gasteiger partial charge in [0.25, 0.3) is 0 Å². The molecule has 3 heteroatoms. The minimum atomic E-state index is -2.26. The van der Waals surface area contributed by atoms with Crippen LogP contribution in [0.5, 0.6) is 0 Å². The Labute approximate surface area is 256 Å². The summed E-state index contributed by atoms with van der Waals surface area (Å²) in [7, 11) is -2.26. The summed E-state index contributed by atoms with van der Waals surface area (Å²) >= 11 is 0. The largest absolute Gasteiger partial charge is 0.402 e. The highest BCUT2D eigenvalue weighted by atomic mass is 32.3. The summed E-state index contributed by atoms with van der Waals surface area (Å²) < 4.78 is 7.20. The van der Waals surface area contributed by atoms with E-state index in [1.165, 1.54) is 68.9 Å². The van der Waals surface area contributed by atoms with Gasteiger partial charge in [0.2, 0.25) is 0 Å². The van der Waals surface area contributed by atoms with Crippen LogP contribution in [0, 0.1) is 23.2 Å². The van der Waals surface area contributed by atoms with E-state index in [-0.39, 0.29) is 11.4 Å². The lowest BCUT2D eigenvalue weighted by molar-refractivity contribution is -0.160. The Balaban J connectivity index is 1.42. The molecule has 4 aliphatic rings. The molecule has 4 saturated carbocycles. The molecule has 7 rings (SSSR count). The lowest BCUT2D eigenvalue weighted by Gasteiger charge is -2.56. The second-order valence-corrected chi connectivity index (χ2v) is 16.3. The fourth-order valence-corrected chi connectivity index (χ4v) is 11.7. The average molecular weight is 583 g/mol. The molecule has 0 aliphatic heterocycles. The summed E-state index contributed by atoms with van der Waals surface area (Å²) in [5, 5.41) is 0. The normalized spacial score (nSPS) is 25.0. The third-order valence-electron chi connectivity index (χ3n) is 10.4. The van der Waals surface area contributed by atoms with Crippen LogP contribution in [0.3, 0.4) is 0 Å². The summed E-state index contributed by atoms with van der Waals surface area (Å²) in [5.41, 5.74) is 2.43. The van der Waals surface area contributed by atoms with Crippen LogP contribution in [0.2, 0.25) is 0 Å². The van der Waals surface area contributed by atoms with Crippen molar-refractivity contribution in [3.63, 3.8) is 0 Å². The summed E-state index contributed by atoms with van der Waals surface area (Å²) in [5.74, 6) is 2.18. The molecule has 4 aliphatic carbocycles. The molecule has 0 spiro atoms. The molecule has 0 radical (unpaired) electrons. The second-order valence-electron chi connectivity index (χ2n) is 13.6. The maximum Gasteiger partial charge on any atom is 0.323 e. The van der Waals surface area contributed by atoms with Gasteiger partial charge in [-0.2, -0.15) is 0 Å². The van der Waals surface area contributed by atoms with Crippen molar-refractivity contribution < 1.29 is 8.98 Å². The SMILES string of the molecule is CCCCCc1ccc(S(OC(=O)C23CC4CC(CC(C4)C2)C3)(c2ccccc2)c2ccc(CCCCC)cc2)cc1. The molecule has 0 amide bonds. The van der Waals surface area contributed by atoms with Gasteiger partial charge in [-0.25, -0.2) is 0 Å². The number of hydrogen-bond acceptors (Lipinski definition) is 2. The van der Waals surface area contributed by atoms with Gasteiger partial charge in [-0.3, -0.25) is 4.79 Å². The van der Waals surface area contributed by atoms with Crippen molar-refractivity contribution in [1.29, 1.82) is 0 Å². The number of hydrogen-bond donors (Lipinski definition) is 0. The Kier molecular flexibility index (Phi) is 9.15. The summed E-state index contributed by atoms with van der Waals surface area (Å²) in [4.78, 5) is 18.1. The molecular weight excluding hydrogens is 532 g/mol. The van der Waals surface area contributed by atoms with Gasteiger partial charge in [0.05, 0.1) is 5.41 Å². The number of carbonyl (C=O) groups excluding carboxylic acids is 1. The molecule has 224 valence electrons. The maximum absolute atomic E-state index is 14.7. The Bertz CT molecular complexity index is 1220. The van der Waals surface area contributed by atoms with Crippen molar-refractivity contribution >= 4 is 16.3 Å². The molecule has 3 aromatic carbocycles. The molecule has 4 fully saturated rings. The van der Waals surface area contributed by atoms with Gasteiger partial charge in [0.1, 0.15) is 0 Å². The highest BCUT2D eigenvalue weighted by Crippen LogP contribution is 2.71. The predicted octanol–water partition coefficient (Wildman–Crippen LogP) is 11.1. The van der Waals surface area contributed by atoms with Crippen LogP contribution in [-0.4, -0.2) is 5.97 Å². The summed E-state index contributed by atoms with van der Waals surface area (Å²) in [6, 6.07) is 28.9. The zero-order valence-electron chi connectivity index (χ0n) is 25.9. The number of rotatable bonds is 13. The molecule has 0 saturated heterocycles. The molecule has 3 aromatic rings. The number of benzene rings is 3. The van der Waals surface area contributed by atoms with Gasteiger partial charge in [0.15, 0.2) is 0 Å². The zero-order chi connectivity index (χ0) is 29.0. The van der Waals surface area contributed by atoms with Crippen LogP contribution in [0.1, 0.15) is 102 Å². The average Bonchev–Trinajstić information content (AvgIpc) is 3.01. The van der Waals surface area contributed by atoms with Crippen molar-refractivity contribution in [3.8, 4) is 0 Å². The lowest BCUT2D eigenvalue weighted by atomic mass is 9.49. The van der Waals surface area contributed by atoms with Gasteiger partial charge < -0.3 is 4.18 Å². The van der Waals surface area contributed by atoms with E-state index in [1.807, 2.05) is 0 Å². The van der Waals surface area contributed by atoms with Crippen molar-refractivity contribution in [1.82, 2.24) is 0 Å². The smallest absolute Gasteiger partial charge is 0.323 e. The second kappa shape index (κ2) is 13.0. The van der Waals surface area contributed by atoms with E-state index in [4.69, 9.17) is 4.18 Å². The molecule has 42 heavy (non-hydrogen) atoms. The van der Waals surface area contributed by atoms with Gasteiger partial charge in [-0.1, -0.05) is 82.0 Å². The monoisotopic (exact) mass is 582 g/mol. The van der Waals surface area contributed by atoms with Crippen molar-refractivity contribution in [2.75, 3.05) is 0 Å². The standard InChI is InChI=1S/C39H50O2S/c1-3-5-8-12-30-16-20-36(21-17-30)42(35-14-10-7-11-15-35,37-22-18-31(19-23-37)13-9-6-4-2)41-38(40)39-27-32-24-33(28-39)26-34(25-32)29-39/h7,10-11,14-23,32-34H,3-6,8-9,12-13,24-29H2,1-2H3. The molecule has 2 nitrogen and oxygen atoms in total. The van der Waals surface area contributed by atoms with Gasteiger partial charge in [0, 0.05) is 14.7 Å². The van der Waals surface area contributed by atoms with Gasteiger partial charge >= 0.3 is 5.97 Å². The first-order valence-electron chi connectivity index (χ1n) is 16.8. The van der Waals surface area contributed by atoms with Crippen molar-refractivity contribution in [2.45, 2.75) is 118 Å². The third-order valence-corrected chi connectivity index (χ3v) is 13.6. The Morgan fingerprint density at radius 2 is 1.07 bits per heavy atom. The van der Waals surface area contributed by atoms with E-state index in [2.05, 4.69) is 92.7 Å². The van der Waals surface area contributed by atoms with Crippen molar-refractivity contribution in [2.24, 2.45) is 23.2 Å². The van der Waals surface area contributed by atoms with E-state index in [0.717, 1.165) is 46.8 Å². The summed E-state index contributed by atoms with van der Waals surface area (Å²) in [6.07, 6.45) is 16.6. The first kappa shape index (κ1) is 29.5. The fourth-order valence-electron chi connectivity index (χ4n) is 8.58. The van der Waals surface area contributed by atoms with Crippen LogP contribution in [0.15, 0.2) is 93.5 Å². The lowest BCUT2D eigenvalue weighted by Crippen LogP contribution is -2.50. The first-order chi connectivity index (χ1) is 20.5. The molecular formula is C39H50O2S. The van der Waals surface area contributed by atoms with Crippen molar-refractivity contribution in [3.05, 3.63) is 90.0 Å². The highest BCUT2D eigenvalue weighted by molar-refractivity contribution is 8.30. The molecule has 4 bridgehead atoms. The van der Waals surface area contributed by atoms with E-state index in [9.17, 15) is 4.79 Å². The van der Waals surface area contributed by atoms with E-state index in [0.29, 0.717) is 17.8 Å². The minimum absolute atomic E-state index is 0.0690. The zero-order valence-corrected chi connectivity index (χ0v) is 26.7. The molecule has 0 N–H and O–H groups in total. The number of carbonyl (C=O) groups is 1. The third kappa shape index (κ3) is 5.96. The van der Waals surface area contributed by atoms with Crippen LogP contribution >= 0.6 is 10.3 Å².